The van der Waals surface area contributed by atoms with Crippen LogP contribution >= 0.6 is 15.9 Å². The van der Waals surface area contributed by atoms with E-state index in [2.05, 4.69) is 50.2 Å². The fourth-order valence-electron chi connectivity index (χ4n) is 0.306. The van der Waals surface area contributed by atoms with Gasteiger partial charge in [0.15, 0.2) is 0 Å². The van der Waals surface area contributed by atoms with Gasteiger partial charge in [0.1, 0.15) is 0 Å². The van der Waals surface area contributed by atoms with Crippen molar-refractivity contribution in [2.45, 2.75) is 32.0 Å². The third-order valence-corrected chi connectivity index (χ3v) is 3.36. The molecule has 0 saturated carbocycles. The Hall–Kier alpha value is 0.220. The summed E-state index contributed by atoms with van der Waals surface area (Å²) in [6.45, 7) is 12.4. The van der Waals surface area contributed by atoms with Gasteiger partial charge < -0.3 is 0 Å². The average Bonchev–Trinajstić information content (AvgIpc) is 1.64. The first-order valence-corrected chi connectivity index (χ1v) is 3.93. The first-order chi connectivity index (χ1) is 3.81. The van der Waals surface area contributed by atoms with E-state index < -0.39 is 0 Å². The predicted molar refractivity (Wildman–Crippen MR) is 47.0 cm³/mol. The predicted octanol–water partition coefficient (Wildman–Crippen LogP) is 3.37. The summed E-state index contributed by atoms with van der Waals surface area (Å²) >= 11 is 3.58. The molecule has 1 unspecified atom stereocenters. The van der Waals surface area contributed by atoms with Crippen molar-refractivity contribution in [3.8, 4) is 0 Å². The SMILES string of the molecule is C=CC(C)(Br)C(C)(C)C. The summed E-state index contributed by atoms with van der Waals surface area (Å²) in [4.78, 5) is 0. The van der Waals surface area contributed by atoms with Crippen molar-refractivity contribution < 1.29 is 0 Å². The standard InChI is InChI=1S/C8H15Br/c1-6-8(5,9)7(2,3)4/h6H,1H2,2-5H3. The van der Waals surface area contributed by atoms with Crippen molar-refractivity contribution in [2.24, 2.45) is 5.41 Å². The zero-order chi connectivity index (χ0) is 7.71. The Morgan fingerprint density at radius 2 is 1.56 bits per heavy atom. The fraction of sp³-hybridized carbons (Fsp3) is 0.750. The van der Waals surface area contributed by atoms with Crippen molar-refractivity contribution in [1.29, 1.82) is 0 Å². The molecule has 0 radical (unpaired) electrons. The van der Waals surface area contributed by atoms with Crippen LogP contribution in [0, 0.1) is 5.41 Å². The van der Waals surface area contributed by atoms with E-state index in [-0.39, 0.29) is 9.74 Å². The molecule has 1 heteroatoms. The highest BCUT2D eigenvalue weighted by molar-refractivity contribution is 9.10. The van der Waals surface area contributed by atoms with Gasteiger partial charge in [-0.1, -0.05) is 42.8 Å². The summed E-state index contributed by atoms with van der Waals surface area (Å²) in [5.41, 5.74) is 0.245. The van der Waals surface area contributed by atoms with Crippen LogP contribution in [0.5, 0.6) is 0 Å². The first kappa shape index (κ1) is 9.22. The lowest BCUT2D eigenvalue weighted by atomic mass is 9.82. The molecule has 0 amide bonds. The van der Waals surface area contributed by atoms with Gasteiger partial charge in [0.25, 0.3) is 0 Å². The third kappa shape index (κ3) is 2.13. The number of hydrogen-bond donors (Lipinski definition) is 0. The van der Waals surface area contributed by atoms with Crippen LogP contribution in [0.2, 0.25) is 0 Å². The Morgan fingerprint density at radius 1 is 1.22 bits per heavy atom. The highest BCUT2D eigenvalue weighted by Crippen LogP contribution is 2.38. The molecule has 1 atom stereocenters. The topological polar surface area (TPSA) is 0 Å². The van der Waals surface area contributed by atoms with Crippen LogP contribution in [0.1, 0.15) is 27.7 Å². The van der Waals surface area contributed by atoms with Gasteiger partial charge in [-0.2, -0.15) is 0 Å². The van der Waals surface area contributed by atoms with Gasteiger partial charge in [-0.3, -0.25) is 0 Å². The Kier molecular flexibility index (Phi) is 2.51. The Labute approximate surface area is 66.5 Å². The van der Waals surface area contributed by atoms with Gasteiger partial charge >= 0.3 is 0 Å². The molecule has 0 N–H and O–H groups in total. The number of hydrogen-bond acceptors (Lipinski definition) is 0. The molecule has 0 spiro atoms. The van der Waals surface area contributed by atoms with E-state index in [0.29, 0.717) is 0 Å². The average molecular weight is 191 g/mol. The van der Waals surface area contributed by atoms with Crippen molar-refractivity contribution in [2.75, 3.05) is 0 Å². The maximum atomic E-state index is 3.75. The molecule has 0 aliphatic heterocycles. The molecule has 0 saturated heterocycles. The maximum absolute atomic E-state index is 3.75. The normalized spacial score (nSPS) is 18.8. The van der Waals surface area contributed by atoms with Gasteiger partial charge in [0.2, 0.25) is 0 Å². The smallest absolute Gasteiger partial charge is 0.0454 e. The molecule has 0 bridgehead atoms. The minimum absolute atomic E-state index is 0.0556. The zero-order valence-electron chi connectivity index (χ0n) is 6.66. The second kappa shape index (κ2) is 2.45. The van der Waals surface area contributed by atoms with Crippen molar-refractivity contribution in [3.63, 3.8) is 0 Å². The van der Waals surface area contributed by atoms with Crippen LogP contribution in [0.15, 0.2) is 12.7 Å². The minimum Gasteiger partial charge on any atom is -0.102 e. The van der Waals surface area contributed by atoms with E-state index in [1.807, 2.05) is 6.08 Å². The summed E-state index contributed by atoms with van der Waals surface area (Å²) in [7, 11) is 0. The quantitative estimate of drug-likeness (QED) is 0.440. The third-order valence-electron chi connectivity index (χ3n) is 1.85. The maximum Gasteiger partial charge on any atom is 0.0454 e. The lowest BCUT2D eigenvalue weighted by molar-refractivity contribution is 0.355. The number of rotatable bonds is 1. The minimum atomic E-state index is 0.0556. The lowest BCUT2D eigenvalue weighted by Crippen LogP contribution is -2.30. The fourth-order valence-corrected chi connectivity index (χ4v) is 0.306. The highest BCUT2D eigenvalue weighted by atomic mass is 79.9. The molecule has 9 heavy (non-hydrogen) atoms. The monoisotopic (exact) mass is 190 g/mol. The molecule has 0 heterocycles. The molecule has 0 rings (SSSR count). The van der Waals surface area contributed by atoms with Gasteiger partial charge in [0.05, 0.1) is 0 Å². The summed E-state index contributed by atoms with van der Waals surface area (Å²) in [6.07, 6.45) is 1.94. The van der Waals surface area contributed by atoms with E-state index >= 15 is 0 Å². The first-order valence-electron chi connectivity index (χ1n) is 3.14. The van der Waals surface area contributed by atoms with Crippen LogP contribution in [-0.2, 0) is 0 Å². The molecule has 0 nitrogen and oxygen atoms in total. The van der Waals surface area contributed by atoms with Gasteiger partial charge in [-0.25, -0.2) is 0 Å². The zero-order valence-corrected chi connectivity index (χ0v) is 8.25. The number of alkyl halides is 1. The summed E-state index contributed by atoms with van der Waals surface area (Å²) in [6, 6.07) is 0. The van der Waals surface area contributed by atoms with E-state index in [1.54, 1.807) is 0 Å². The van der Waals surface area contributed by atoms with Crippen LogP contribution in [0.25, 0.3) is 0 Å². The van der Waals surface area contributed by atoms with Gasteiger partial charge in [-0.15, -0.1) is 6.58 Å². The summed E-state index contributed by atoms with van der Waals surface area (Å²) in [5.74, 6) is 0. The number of allylic oxidation sites excluding steroid dienone is 1. The molecule has 0 aliphatic rings. The summed E-state index contributed by atoms with van der Waals surface area (Å²) in [5, 5.41) is 0. The van der Waals surface area contributed by atoms with Crippen molar-refractivity contribution in [1.82, 2.24) is 0 Å². The Morgan fingerprint density at radius 3 is 1.56 bits per heavy atom. The molecule has 0 aromatic carbocycles. The molecular formula is C8H15Br. The van der Waals surface area contributed by atoms with Gasteiger partial charge in [-0.05, 0) is 12.3 Å². The molecule has 0 aromatic heterocycles. The van der Waals surface area contributed by atoms with E-state index in [1.165, 1.54) is 0 Å². The Balaban J connectivity index is 4.32. The highest BCUT2D eigenvalue weighted by Gasteiger charge is 2.31. The molecule has 54 valence electrons. The second-order valence-electron chi connectivity index (χ2n) is 3.53. The lowest BCUT2D eigenvalue weighted by Gasteiger charge is -2.33. The van der Waals surface area contributed by atoms with Crippen molar-refractivity contribution >= 4 is 15.9 Å². The molecule has 0 aromatic rings. The Bertz CT molecular complexity index is 106. The van der Waals surface area contributed by atoms with Crippen LogP contribution in [0.3, 0.4) is 0 Å². The molecule has 0 aliphatic carbocycles. The number of halogens is 1. The van der Waals surface area contributed by atoms with Crippen molar-refractivity contribution in [3.05, 3.63) is 12.7 Å². The van der Waals surface area contributed by atoms with Crippen LogP contribution in [0.4, 0.5) is 0 Å². The van der Waals surface area contributed by atoms with Crippen LogP contribution < -0.4 is 0 Å². The molecular weight excluding hydrogens is 176 g/mol. The van der Waals surface area contributed by atoms with E-state index in [9.17, 15) is 0 Å². The second-order valence-corrected chi connectivity index (χ2v) is 5.18. The van der Waals surface area contributed by atoms with Crippen LogP contribution in [-0.4, -0.2) is 4.32 Å². The molecule has 0 fully saturated rings. The van der Waals surface area contributed by atoms with Gasteiger partial charge in [0, 0.05) is 4.32 Å². The summed E-state index contributed by atoms with van der Waals surface area (Å²) < 4.78 is 0.0556. The van der Waals surface area contributed by atoms with E-state index in [0.717, 1.165) is 0 Å². The van der Waals surface area contributed by atoms with E-state index in [4.69, 9.17) is 0 Å². The largest absolute Gasteiger partial charge is 0.102 e.